The molecule has 2 heterocycles. The summed E-state index contributed by atoms with van der Waals surface area (Å²) < 4.78 is 81.6. The highest BCUT2D eigenvalue weighted by molar-refractivity contribution is 6.00. The van der Waals surface area contributed by atoms with Gasteiger partial charge in [-0.2, -0.15) is 22.0 Å². The summed E-state index contributed by atoms with van der Waals surface area (Å²) in [5, 5.41) is 3.02. The first-order valence-electron chi connectivity index (χ1n) is 14.6. The van der Waals surface area contributed by atoms with Gasteiger partial charge in [0, 0.05) is 55.4 Å². The Kier molecular flexibility index (Phi) is 11.1. The molecule has 1 N–H and O–H groups in total. The summed E-state index contributed by atoms with van der Waals surface area (Å²) in [7, 11) is 0. The van der Waals surface area contributed by atoms with E-state index in [0.717, 1.165) is 12.1 Å². The molecule has 4 rings (SSSR count). The fourth-order valence-corrected chi connectivity index (χ4v) is 5.62. The fraction of sp³-hybridized carbons (Fsp3) is 0.438. The number of dihydropyridines is 1. The number of nitrogens with one attached hydrogen (secondary N) is 1. The molecule has 0 radical (unpaired) electrons. The molecule has 0 aliphatic carbocycles. The minimum Gasteiger partial charge on any atom is -0.463 e. The number of rotatable bonds is 11. The van der Waals surface area contributed by atoms with Gasteiger partial charge >= 0.3 is 24.7 Å². The first kappa shape index (κ1) is 33.8. The molecule has 0 aromatic heterocycles. The predicted molar refractivity (Wildman–Crippen MR) is 157 cm³/mol. The lowest BCUT2D eigenvalue weighted by atomic mass is 9.80. The Morgan fingerprint density at radius 3 is 2.20 bits per heavy atom. The van der Waals surface area contributed by atoms with Crippen LogP contribution >= 0.6 is 0 Å². The first-order chi connectivity index (χ1) is 21.4. The zero-order valence-corrected chi connectivity index (χ0v) is 25.3. The molecule has 0 spiro atoms. The van der Waals surface area contributed by atoms with Gasteiger partial charge in [0.1, 0.15) is 5.75 Å². The Morgan fingerprint density at radius 1 is 0.933 bits per heavy atom. The number of alkyl halides is 5. The van der Waals surface area contributed by atoms with E-state index in [1.54, 1.807) is 32.9 Å². The van der Waals surface area contributed by atoms with E-state index >= 15 is 0 Å². The number of piperazine rings is 1. The number of para-hydroxylation sites is 1. The van der Waals surface area contributed by atoms with Gasteiger partial charge in [0.05, 0.1) is 35.8 Å². The van der Waals surface area contributed by atoms with Crippen molar-refractivity contribution in [3.05, 3.63) is 82.2 Å². The maximum Gasteiger partial charge on any atom is 0.416 e. The minimum atomic E-state index is -4.41. The van der Waals surface area contributed by atoms with Gasteiger partial charge in [-0.05, 0) is 51.5 Å². The van der Waals surface area contributed by atoms with Gasteiger partial charge in [-0.3, -0.25) is 4.90 Å². The number of benzene rings is 2. The van der Waals surface area contributed by atoms with E-state index < -0.39 is 36.2 Å². The van der Waals surface area contributed by atoms with E-state index in [2.05, 4.69) is 10.2 Å². The molecule has 244 valence electrons. The molecule has 2 aromatic carbocycles. The van der Waals surface area contributed by atoms with Gasteiger partial charge < -0.3 is 24.4 Å². The van der Waals surface area contributed by atoms with Crippen LogP contribution in [0.1, 0.15) is 44.2 Å². The quantitative estimate of drug-likeness (QED) is 0.187. The molecule has 0 amide bonds. The van der Waals surface area contributed by atoms with Crippen LogP contribution in [0.25, 0.3) is 0 Å². The van der Waals surface area contributed by atoms with Crippen molar-refractivity contribution >= 4 is 17.6 Å². The van der Waals surface area contributed by atoms with Crippen LogP contribution in [0.4, 0.5) is 27.6 Å². The van der Waals surface area contributed by atoms with Crippen molar-refractivity contribution in [1.82, 2.24) is 10.2 Å². The largest absolute Gasteiger partial charge is 0.463 e. The Bertz CT molecular complexity index is 1430. The second-order valence-electron chi connectivity index (χ2n) is 10.6. The van der Waals surface area contributed by atoms with Gasteiger partial charge in [-0.15, -0.1) is 0 Å². The van der Waals surface area contributed by atoms with E-state index in [-0.39, 0.29) is 35.7 Å². The van der Waals surface area contributed by atoms with Crippen molar-refractivity contribution in [2.75, 3.05) is 50.8 Å². The van der Waals surface area contributed by atoms with Crippen molar-refractivity contribution in [2.24, 2.45) is 0 Å². The number of allylic oxidation sites excluding steroid dienone is 2. The molecule has 2 aliphatic rings. The van der Waals surface area contributed by atoms with E-state index in [1.165, 1.54) is 24.3 Å². The number of hydrogen-bond acceptors (Lipinski definition) is 8. The van der Waals surface area contributed by atoms with E-state index in [1.807, 2.05) is 4.90 Å². The van der Waals surface area contributed by atoms with Crippen LogP contribution in [0, 0.1) is 0 Å². The Labute approximate surface area is 258 Å². The maximum atomic E-state index is 13.5. The molecule has 1 fully saturated rings. The topological polar surface area (TPSA) is 80.3 Å². The number of anilines is 1. The second kappa shape index (κ2) is 14.8. The third-order valence-corrected chi connectivity index (χ3v) is 7.68. The number of esters is 2. The number of ether oxygens (including phenoxy) is 3. The van der Waals surface area contributed by atoms with Crippen molar-refractivity contribution in [2.45, 2.75) is 45.9 Å². The molecule has 45 heavy (non-hydrogen) atoms. The Balaban J connectivity index is 1.41. The lowest BCUT2D eigenvalue weighted by Crippen LogP contribution is -2.46. The van der Waals surface area contributed by atoms with Crippen molar-refractivity contribution < 1.29 is 45.8 Å². The molecule has 2 aromatic rings. The van der Waals surface area contributed by atoms with Crippen molar-refractivity contribution in [3.63, 3.8) is 0 Å². The summed E-state index contributed by atoms with van der Waals surface area (Å²) in [6.07, 6.45) is -3.93. The van der Waals surface area contributed by atoms with Crippen LogP contribution < -0.4 is 15.0 Å². The molecular weight excluding hydrogens is 601 g/mol. The zero-order valence-electron chi connectivity index (χ0n) is 25.3. The molecule has 1 atom stereocenters. The molecule has 1 unspecified atom stereocenters. The highest BCUT2D eigenvalue weighted by Gasteiger charge is 2.39. The molecule has 13 heteroatoms. The zero-order chi connectivity index (χ0) is 32.7. The average molecular weight is 638 g/mol. The van der Waals surface area contributed by atoms with Gasteiger partial charge in [0.25, 0.3) is 0 Å². The van der Waals surface area contributed by atoms with Crippen molar-refractivity contribution in [1.29, 1.82) is 0 Å². The molecule has 8 nitrogen and oxygen atoms in total. The third kappa shape index (κ3) is 8.33. The first-order valence-corrected chi connectivity index (χ1v) is 14.6. The van der Waals surface area contributed by atoms with Crippen LogP contribution in [0.3, 0.4) is 0 Å². The average Bonchev–Trinajstić information content (AvgIpc) is 2.99. The summed E-state index contributed by atoms with van der Waals surface area (Å²) in [6, 6.07) is 11.2. The third-order valence-electron chi connectivity index (χ3n) is 7.68. The molecule has 0 bridgehead atoms. The van der Waals surface area contributed by atoms with Crippen LogP contribution in [0.2, 0.25) is 0 Å². The van der Waals surface area contributed by atoms with Crippen LogP contribution in [-0.2, 0) is 25.2 Å². The van der Waals surface area contributed by atoms with Crippen LogP contribution in [-0.4, -0.2) is 69.4 Å². The van der Waals surface area contributed by atoms with E-state index in [9.17, 15) is 31.5 Å². The second-order valence-corrected chi connectivity index (χ2v) is 10.6. The number of hydrogen-bond donors (Lipinski definition) is 1. The maximum absolute atomic E-state index is 13.5. The summed E-state index contributed by atoms with van der Waals surface area (Å²) in [5.41, 5.74) is 0.977. The van der Waals surface area contributed by atoms with Gasteiger partial charge in [0.15, 0.2) is 0 Å². The normalized spacial score (nSPS) is 17.8. The molecule has 2 aliphatic heterocycles. The molecule has 0 saturated carbocycles. The number of carbonyl (C=O) groups is 2. The van der Waals surface area contributed by atoms with Gasteiger partial charge in [-0.1, -0.05) is 24.3 Å². The summed E-state index contributed by atoms with van der Waals surface area (Å²) in [4.78, 5) is 30.6. The van der Waals surface area contributed by atoms with Crippen LogP contribution in [0.5, 0.6) is 5.75 Å². The van der Waals surface area contributed by atoms with E-state index in [4.69, 9.17) is 14.2 Å². The Morgan fingerprint density at radius 2 is 1.58 bits per heavy atom. The monoisotopic (exact) mass is 637 g/mol. The highest BCUT2D eigenvalue weighted by atomic mass is 19.4. The summed E-state index contributed by atoms with van der Waals surface area (Å²) in [5.74, 6) is -2.70. The number of carbonyl (C=O) groups excluding carboxylic acids is 2. The standard InChI is InChI=1S/C32H36F5N3O5/c1-4-43-29(41)26-20(2)38-21(3)27(28(26)24-11-5-6-12-25(24)45-31(33)34)30(42)44-18-8-13-39-14-16-40(17-15-39)23-10-7-9-22(19-23)32(35,36)37/h5-7,9-12,19,28,31,38H,4,8,13-18H2,1-3H3. The lowest BCUT2D eigenvalue weighted by molar-refractivity contribution is -0.140. The lowest BCUT2D eigenvalue weighted by Gasteiger charge is -2.36. The number of nitrogens with zero attached hydrogens (tertiary/aromatic N) is 2. The smallest absolute Gasteiger partial charge is 0.416 e. The SMILES string of the molecule is CCOC(=O)C1=C(C)NC(C)=C(C(=O)OCCCN2CCN(c3cccc(C(F)(F)F)c3)CC2)C1c1ccccc1OC(F)F. The van der Waals surface area contributed by atoms with Gasteiger partial charge in [-0.25, -0.2) is 9.59 Å². The predicted octanol–water partition coefficient (Wildman–Crippen LogP) is 5.86. The fourth-order valence-electron chi connectivity index (χ4n) is 5.62. The minimum absolute atomic E-state index is 0.0444. The van der Waals surface area contributed by atoms with Gasteiger partial charge in [0.2, 0.25) is 0 Å². The molecule has 1 saturated heterocycles. The summed E-state index contributed by atoms with van der Waals surface area (Å²) >= 11 is 0. The summed E-state index contributed by atoms with van der Waals surface area (Å²) in [6.45, 7) is 4.79. The number of halogens is 5. The highest BCUT2D eigenvalue weighted by Crippen LogP contribution is 2.43. The van der Waals surface area contributed by atoms with Crippen LogP contribution in [0.15, 0.2) is 71.1 Å². The van der Waals surface area contributed by atoms with E-state index in [0.29, 0.717) is 56.2 Å². The van der Waals surface area contributed by atoms with Crippen molar-refractivity contribution in [3.8, 4) is 5.75 Å². The molecular formula is C32H36F5N3O5. The Hall–Kier alpha value is -4.13.